The molecule has 1 N–H and O–H groups in total. The molecule has 1 aliphatic heterocycles. The molecular weight excluding hydrogens is 244 g/mol. The number of rotatable bonds is 4. The first-order chi connectivity index (χ1) is 9.17. The molecule has 1 aliphatic rings. The van der Waals surface area contributed by atoms with E-state index in [0.29, 0.717) is 5.76 Å². The molecule has 1 saturated heterocycles. The molecule has 0 saturated carbocycles. The standard InChI is InChI=1S/C14H22N2O3/c1-4-11-13(9(3)19-16-11)15-14(17)10-7-6-8-18-12(10)5-2/h10,12H,4-8H2,1-3H3,(H,15,17). The highest BCUT2D eigenvalue weighted by Crippen LogP contribution is 2.27. The van der Waals surface area contributed by atoms with E-state index in [2.05, 4.69) is 17.4 Å². The van der Waals surface area contributed by atoms with Crippen LogP contribution in [-0.4, -0.2) is 23.8 Å². The van der Waals surface area contributed by atoms with Crippen LogP contribution in [0.4, 0.5) is 5.69 Å². The van der Waals surface area contributed by atoms with Crippen LogP contribution in [0.1, 0.15) is 44.6 Å². The van der Waals surface area contributed by atoms with Gasteiger partial charge in [0.2, 0.25) is 5.91 Å². The molecule has 2 unspecified atom stereocenters. The summed E-state index contributed by atoms with van der Waals surface area (Å²) in [6.07, 6.45) is 3.46. The highest BCUT2D eigenvalue weighted by molar-refractivity contribution is 5.93. The van der Waals surface area contributed by atoms with Crippen LogP contribution in [-0.2, 0) is 16.0 Å². The Kier molecular flexibility index (Phi) is 4.58. The fourth-order valence-electron chi connectivity index (χ4n) is 2.58. The van der Waals surface area contributed by atoms with Gasteiger partial charge in [-0.3, -0.25) is 4.79 Å². The maximum absolute atomic E-state index is 12.4. The van der Waals surface area contributed by atoms with Crippen LogP contribution >= 0.6 is 0 Å². The van der Waals surface area contributed by atoms with Crippen LogP contribution in [0.2, 0.25) is 0 Å². The van der Waals surface area contributed by atoms with Gasteiger partial charge in [-0.05, 0) is 32.6 Å². The average molecular weight is 266 g/mol. The van der Waals surface area contributed by atoms with Crippen molar-refractivity contribution in [3.63, 3.8) is 0 Å². The van der Waals surface area contributed by atoms with Crippen molar-refractivity contribution >= 4 is 11.6 Å². The van der Waals surface area contributed by atoms with E-state index in [4.69, 9.17) is 9.26 Å². The normalized spacial score (nSPS) is 23.3. The number of nitrogens with zero attached hydrogens (tertiary/aromatic N) is 1. The zero-order chi connectivity index (χ0) is 13.8. The molecule has 2 heterocycles. The third-order valence-electron chi connectivity index (χ3n) is 3.70. The summed E-state index contributed by atoms with van der Waals surface area (Å²) >= 11 is 0. The first kappa shape index (κ1) is 14.1. The number of aromatic nitrogens is 1. The molecule has 5 heteroatoms. The second kappa shape index (κ2) is 6.19. The number of carbonyl (C=O) groups excluding carboxylic acids is 1. The Labute approximate surface area is 113 Å². The summed E-state index contributed by atoms with van der Waals surface area (Å²) in [6.45, 7) is 6.62. The van der Waals surface area contributed by atoms with E-state index in [-0.39, 0.29) is 17.9 Å². The Morgan fingerprint density at radius 1 is 1.47 bits per heavy atom. The molecule has 1 amide bonds. The zero-order valence-corrected chi connectivity index (χ0v) is 11.9. The van der Waals surface area contributed by atoms with Gasteiger partial charge >= 0.3 is 0 Å². The van der Waals surface area contributed by atoms with Crippen LogP contribution in [0.5, 0.6) is 0 Å². The van der Waals surface area contributed by atoms with Crippen molar-refractivity contribution in [2.75, 3.05) is 11.9 Å². The predicted octanol–water partition coefficient (Wildman–Crippen LogP) is 2.69. The molecule has 1 aromatic rings. The summed E-state index contributed by atoms with van der Waals surface area (Å²) in [5.41, 5.74) is 1.53. The molecule has 0 aliphatic carbocycles. The second-order valence-electron chi connectivity index (χ2n) is 4.97. The third-order valence-corrected chi connectivity index (χ3v) is 3.70. The molecule has 0 aromatic carbocycles. The van der Waals surface area contributed by atoms with E-state index in [1.54, 1.807) is 0 Å². The van der Waals surface area contributed by atoms with Gasteiger partial charge < -0.3 is 14.6 Å². The number of carbonyl (C=O) groups is 1. The van der Waals surface area contributed by atoms with Gasteiger partial charge in [-0.1, -0.05) is 19.0 Å². The van der Waals surface area contributed by atoms with Crippen molar-refractivity contribution in [2.45, 2.75) is 52.6 Å². The van der Waals surface area contributed by atoms with Crippen molar-refractivity contribution in [3.8, 4) is 0 Å². The Hall–Kier alpha value is -1.36. The number of hydrogen-bond acceptors (Lipinski definition) is 4. The Morgan fingerprint density at radius 3 is 2.95 bits per heavy atom. The van der Waals surface area contributed by atoms with Gasteiger partial charge in [-0.2, -0.15) is 0 Å². The minimum atomic E-state index is -0.0715. The van der Waals surface area contributed by atoms with Gasteiger partial charge in [-0.15, -0.1) is 0 Å². The number of anilines is 1. The first-order valence-corrected chi connectivity index (χ1v) is 7.05. The number of aryl methyl sites for hydroxylation is 2. The highest BCUT2D eigenvalue weighted by Gasteiger charge is 2.31. The Bertz CT molecular complexity index is 442. The van der Waals surface area contributed by atoms with E-state index in [9.17, 15) is 4.79 Å². The lowest BCUT2D eigenvalue weighted by atomic mass is 9.91. The maximum Gasteiger partial charge on any atom is 0.230 e. The fourth-order valence-corrected chi connectivity index (χ4v) is 2.58. The van der Waals surface area contributed by atoms with Crippen molar-refractivity contribution in [2.24, 2.45) is 5.92 Å². The summed E-state index contributed by atoms with van der Waals surface area (Å²) in [4.78, 5) is 12.4. The molecule has 106 valence electrons. The van der Waals surface area contributed by atoms with Crippen LogP contribution in [0.3, 0.4) is 0 Å². The smallest absolute Gasteiger partial charge is 0.230 e. The summed E-state index contributed by atoms with van der Waals surface area (Å²) in [5, 5.41) is 6.92. The Balaban J connectivity index is 2.09. The molecule has 2 atom stereocenters. The molecule has 19 heavy (non-hydrogen) atoms. The van der Waals surface area contributed by atoms with Gasteiger partial charge in [0.05, 0.1) is 12.0 Å². The Morgan fingerprint density at radius 2 is 2.26 bits per heavy atom. The lowest BCUT2D eigenvalue weighted by Gasteiger charge is -2.30. The minimum absolute atomic E-state index is 0.0209. The molecule has 0 spiro atoms. The maximum atomic E-state index is 12.4. The zero-order valence-electron chi connectivity index (χ0n) is 11.9. The van der Waals surface area contributed by atoms with E-state index >= 15 is 0 Å². The summed E-state index contributed by atoms with van der Waals surface area (Å²) in [7, 11) is 0. The van der Waals surface area contributed by atoms with Gasteiger partial charge in [0.25, 0.3) is 0 Å². The number of nitrogens with one attached hydrogen (secondary N) is 1. The highest BCUT2D eigenvalue weighted by atomic mass is 16.5. The van der Waals surface area contributed by atoms with E-state index in [1.807, 2.05) is 13.8 Å². The van der Waals surface area contributed by atoms with E-state index in [1.165, 1.54) is 0 Å². The average Bonchev–Trinajstić information content (AvgIpc) is 2.79. The monoisotopic (exact) mass is 266 g/mol. The molecule has 2 rings (SSSR count). The lowest BCUT2D eigenvalue weighted by Crippen LogP contribution is -2.38. The minimum Gasteiger partial charge on any atom is -0.377 e. The SMILES string of the molecule is CCc1noc(C)c1NC(=O)C1CCCOC1CC. The summed E-state index contributed by atoms with van der Waals surface area (Å²) < 4.78 is 10.8. The van der Waals surface area contributed by atoms with Crippen LogP contribution in [0.15, 0.2) is 4.52 Å². The van der Waals surface area contributed by atoms with Gasteiger partial charge in [0.15, 0.2) is 5.76 Å². The molecule has 5 nitrogen and oxygen atoms in total. The van der Waals surface area contributed by atoms with Crippen molar-refractivity contribution in [3.05, 3.63) is 11.5 Å². The number of hydrogen-bond donors (Lipinski definition) is 1. The van der Waals surface area contributed by atoms with Crippen molar-refractivity contribution in [1.82, 2.24) is 5.16 Å². The fraction of sp³-hybridized carbons (Fsp3) is 0.714. The van der Waals surface area contributed by atoms with Crippen molar-refractivity contribution < 1.29 is 14.1 Å². The van der Waals surface area contributed by atoms with E-state index in [0.717, 1.165) is 43.7 Å². The van der Waals surface area contributed by atoms with Crippen LogP contribution < -0.4 is 5.32 Å². The van der Waals surface area contributed by atoms with Crippen LogP contribution in [0, 0.1) is 12.8 Å². The number of amides is 1. The lowest BCUT2D eigenvalue weighted by molar-refractivity contribution is -0.129. The van der Waals surface area contributed by atoms with Crippen LogP contribution in [0.25, 0.3) is 0 Å². The molecule has 1 aromatic heterocycles. The second-order valence-corrected chi connectivity index (χ2v) is 4.97. The van der Waals surface area contributed by atoms with Crippen molar-refractivity contribution in [1.29, 1.82) is 0 Å². The number of ether oxygens (including phenoxy) is 1. The molecular formula is C14H22N2O3. The largest absolute Gasteiger partial charge is 0.377 e. The molecule has 0 radical (unpaired) electrons. The first-order valence-electron chi connectivity index (χ1n) is 7.05. The molecule has 0 bridgehead atoms. The van der Waals surface area contributed by atoms with Gasteiger partial charge in [0, 0.05) is 6.61 Å². The third kappa shape index (κ3) is 2.97. The summed E-state index contributed by atoms with van der Waals surface area (Å²) in [5.74, 6) is 0.611. The van der Waals surface area contributed by atoms with E-state index < -0.39 is 0 Å². The topological polar surface area (TPSA) is 64.4 Å². The summed E-state index contributed by atoms with van der Waals surface area (Å²) in [6, 6.07) is 0. The van der Waals surface area contributed by atoms with Gasteiger partial charge in [0.1, 0.15) is 11.4 Å². The quantitative estimate of drug-likeness (QED) is 0.910. The van der Waals surface area contributed by atoms with Gasteiger partial charge in [-0.25, -0.2) is 0 Å². The predicted molar refractivity (Wildman–Crippen MR) is 72.0 cm³/mol. The molecule has 1 fully saturated rings.